The van der Waals surface area contributed by atoms with Crippen LogP contribution in [0.25, 0.3) is 11.0 Å². The van der Waals surface area contributed by atoms with Crippen LogP contribution in [-0.2, 0) is 11.2 Å². The Bertz CT molecular complexity index is 1020. The van der Waals surface area contributed by atoms with E-state index in [-0.39, 0.29) is 11.9 Å². The summed E-state index contributed by atoms with van der Waals surface area (Å²) in [7, 11) is 0. The summed E-state index contributed by atoms with van der Waals surface area (Å²) in [5.41, 5.74) is 2.86. The second kappa shape index (κ2) is 8.76. The van der Waals surface area contributed by atoms with Gasteiger partial charge in [0.15, 0.2) is 0 Å². The summed E-state index contributed by atoms with van der Waals surface area (Å²) < 4.78 is 2.14. The van der Waals surface area contributed by atoms with Gasteiger partial charge in [-0.25, -0.2) is 4.98 Å². The van der Waals surface area contributed by atoms with Crippen LogP contribution in [0.5, 0.6) is 0 Å². The topological polar surface area (TPSA) is 38.1 Å². The fourth-order valence-corrected chi connectivity index (χ4v) is 4.66. The summed E-state index contributed by atoms with van der Waals surface area (Å²) in [6.45, 7) is 3.83. The predicted molar refractivity (Wildman–Crippen MR) is 119 cm³/mol. The van der Waals surface area contributed by atoms with Crippen molar-refractivity contribution in [1.82, 2.24) is 14.5 Å². The van der Waals surface area contributed by atoms with E-state index in [4.69, 9.17) is 28.2 Å². The first-order chi connectivity index (χ1) is 14.1. The number of hydrogen-bond donors (Lipinski definition) is 0. The van der Waals surface area contributed by atoms with E-state index >= 15 is 0 Å². The van der Waals surface area contributed by atoms with Gasteiger partial charge in [0.05, 0.1) is 11.0 Å². The standard InChI is InChI=1S/C23H25Cl2N3O/c1-2-7-21(23(29)27-12-5-6-13-27)28-20-9-4-3-8-19(20)26-22(28)14-16-10-11-17(24)15-18(16)25/h3-4,8-11,15,21H,2,5-7,12-14H2,1H3/t21-/m1/s1. The third-order valence-corrected chi connectivity index (χ3v) is 6.20. The molecule has 0 saturated carbocycles. The van der Waals surface area contributed by atoms with E-state index in [1.165, 1.54) is 0 Å². The summed E-state index contributed by atoms with van der Waals surface area (Å²) in [6, 6.07) is 13.3. The Morgan fingerprint density at radius 3 is 2.62 bits per heavy atom. The van der Waals surface area contributed by atoms with Crippen molar-refractivity contribution in [3.63, 3.8) is 0 Å². The van der Waals surface area contributed by atoms with Gasteiger partial charge in [0.2, 0.25) is 5.91 Å². The molecular formula is C23H25Cl2N3O. The maximum absolute atomic E-state index is 13.4. The molecule has 2 heterocycles. The Balaban J connectivity index is 1.80. The van der Waals surface area contributed by atoms with Crippen molar-refractivity contribution in [2.45, 2.75) is 45.1 Å². The minimum absolute atomic E-state index is 0.205. The van der Waals surface area contributed by atoms with E-state index < -0.39 is 0 Å². The van der Waals surface area contributed by atoms with Gasteiger partial charge in [-0.1, -0.05) is 54.7 Å². The quantitative estimate of drug-likeness (QED) is 0.489. The van der Waals surface area contributed by atoms with Crippen molar-refractivity contribution in [2.24, 2.45) is 0 Å². The number of halogens is 2. The van der Waals surface area contributed by atoms with Gasteiger partial charge in [0.1, 0.15) is 11.9 Å². The van der Waals surface area contributed by atoms with E-state index in [9.17, 15) is 4.79 Å². The molecule has 1 aliphatic rings. The highest BCUT2D eigenvalue weighted by Crippen LogP contribution is 2.30. The molecule has 2 aromatic carbocycles. The summed E-state index contributed by atoms with van der Waals surface area (Å²) in [5, 5.41) is 1.23. The first-order valence-corrected chi connectivity index (χ1v) is 11.0. The minimum atomic E-state index is -0.244. The molecule has 3 aromatic rings. The van der Waals surface area contributed by atoms with E-state index in [0.29, 0.717) is 16.5 Å². The Kier molecular flexibility index (Phi) is 6.12. The Morgan fingerprint density at radius 1 is 1.14 bits per heavy atom. The zero-order valence-electron chi connectivity index (χ0n) is 16.6. The summed E-state index contributed by atoms with van der Waals surface area (Å²) in [4.78, 5) is 20.3. The smallest absolute Gasteiger partial charge is 0.245 e. The Morgan fingerprint density at radius 2 is 1.90 bits per heavy atom. The molecule has 0 N–H and O–H groups in total. The molecule has 1 aromatic heterocycles. The van der Waals surface area contributed by atoms with Crippen LogP contribution in [0.15, 0.2) is 42.5 Å². The number of para-hydroxylation sites is 2. The fraction of sp³-hybridized carbons (Fsp3) is 0.391. The van der Waals surface area contributed by atoms with Gasteiger partial charge >= 0.3 is 0 Å². The molecule has 4 rings (SSSR count). The van der Waals surface area contributed by atoms with Gasteiger partial charge < -0.3 is 9.47 Å². The number of imidazole rings is 1. The largest absolute Gasteiger partial charge is 0.341 e. The van der Waals surface area contributed by atoms with Gasteiger partial charge in [0.25, 0.3) is 0 Å². The lowest BCUT2D eigenvalue weighted by atomic mass is 10.1. The van der Waals surface area contributed by atoms with Gasteiger partial charge in [-0.3, -0.25) is 4.79 Å². The molecule has 1 fully saturated rings. The van der Waals surface area contributed by atoms with Gasteiger partial charge in [0, 0.05) is 29.6 Å². The highest BCUT2D eigenvalue weighted by atomic mass is 35.5. The van der Waals surface area contributed by atoms with E-state index in [2.05, 4.69) is 17.6 Å². The van der Waals surface area contributed by atoms with Crippen LogP contribution in [0.1, 0.15) is 50.0 Å². The maximum Gasteiger partial charge on any atom is 0.245 e. The molecule has 0 bridgehead atoms. The lowest BCUT2D eigenvalue weighted by molar-refractivity contribution is -0.133. The monoisotopic (exact) mass is 429 g/mol. The molecule has 0 aliphatic carbocycles. The van der Waals surface area contributed by atoms with Crippen LogP contribution in [-0.4, -0.2) is 33.4 Å². The van der Waals surface area contributed by atoms with Crippen LogP contribution in [0.4, 0.5) is 0 Å². The van der Waals surface area contributed by atoms with Gasteiger partial charge in [-0.2, -0.15) is 0 Å². The zero-order chi connectivity index (χ0) is 20.4. The molecule has 0 spiro atoms. The number of nitrogens with zero attached hydrogens (tertiary/aromatic N) is 3. The SMILES string of the molecule is CCC[C@H](C(=O)N1CCCC1)n1c(Cc2ccc(Cl)cc2Cl)nc2ccccc21. The number of carbonyl (C=O) groups is 1. The molecule has 1 saturated heterocycles. The molecule has 1 aliphatic heterocycles. The third kappa shape index (κ3) is 4.15. The first kappa shape index (κ1) is 20.2. The van der Waals surface area contributed by atoms with Crippen molar-refractivity contribution in [3.05, 3.63) is 63.9 Å². The number of fused-ring (bicyclic) bond motifs is 1. The number of aromatic nitrogens is 2. The van der Waals surface area contributed by atoms with Crippen LogP contribution >= 0.6 is 23.2 Å². The lowest BCUT2D eigenvalue weighted by Gasteiger charge is -2.26. The van der Waals surface area contributed by atoms with Crippen LogP contribution in [0.3, 0.4) is 0 Å². The number of rotatable bonds is 6. The number of likely N-dealkylation sites (tertiary alicyclic amines) is 1. The zero-order valence-corrected chi connectivity index (χ0v) is 18.1. The van der Waals surface area contributed by atoms with Crippen molar-refractivity contribution in [3.8, 4) is 0 Å². The number of carbonyl (C=O) groups excluding carboxylic acids is 1. The third-order valence-electron chi connectivity index (χ3n) is 5.61. The Hall–Kier alpha value is -2.04. The normalized spacial score (nSPS) is 15.2. The summed E-state index contributed by atoms with van der Waals surface area (Å²) in [5.74, 6) is 1.07. The average Bonchev–Trinajstić information content (AvgIpc) is 3.36. The highest BCUT2D eigenvalue weighted by Gasteiger charge is 2.30. The summed E-state index contributed by atoms with van der Waals surface area (Å²) in [6.07, 6.45) is 4.44. The van der Waals surface area contributed by atoms with Crippen LogP contribution in [0, 0.1) is 0 Å². The van der Waals surface area contributed by atoms with E-state index in [0.717, 1.165) is 61.2 Å². The second-order valence-electron chi connectivity index (χ2n) is 7.64. The molecular weight excluding hydrogens is 405 g/mol. The molecule has 6 heteroatoms. The van der Waals surface area contributed by atoms with Crippen LogP contribution in [0.2, 0.25) is 10.0 Å². The Labute approximate surface area is 181 Å². The number of hydrogen-bond acceptors (Lipinski definition) is 2. The van der Waals surface area contributed by atoms with Gasteiger partial charge in [-0.05, 0) is 49.1 Å². The number of benzene rings is 2. The van der Waals surface area contributed by atoms with E-state index in [1.807, 2.05) is 35.2 Å². The number of amides is 1. The molecule has 1 atom stereocenters. The van der Waals surface area contributed by atoms with Crippen molar-refractivity contribution >= 4 is 40.1 Å². The molecule has 1 amide bonds. The fourth-order valence-electron chi connectivity index (χ4n) is 4.19. The predicted octanol–water partition coefficient (Wildman–Crippen LogP) is 5.90. The van der Waals surface area contributed by atoms with E-state index in [1.54, 1.807) is 6.07 Å². The molecule has 0 radical (unpaired) electrons. The molecule has 0 unspecified atom stereocenters. The maximum atomic E-state index is 13.4. The highest BCUT2D eigenvalue weighted by molar-refractivity contribution is 6.35. The van der Waals surface area contributed by atoms with Crippen molar-refractivity contribution in [1.29, 1.82) is 0 Å². The lowest BCUT2D eigenvalue weighted by Crippen LogP contribution is -2.35. The molecule has 29 heavy (non-hydrogen) atoms. The second-order valence-corrected chi connectivity index (χ2v) is 8.48. The van der Waals surface area contributed by atoms with Crippen molar-refractivity contribution < 1.29 is 4.79 Å². The minimum Gasteiger partial charge on any atom is -0.341 e. The van der Waals surface area contributed by atoms with Gasteiger partial charge in [-0.15, -0.1) is 0 Å². The van der Waals surface area contributed by atoms with Crippen LogP contribution < -0.4 is 0 Å². The summed E-state index contributed by atoms with van der Waals surface area (Å²) >= 11 is 12.5. The van der Waals surface area contributed by atoms with Crippen molar-refractivity contribution in [2.75, 3.05) is 13.1 Å². The molecule has 152 valence electrons. The average molecular weight is 430 g/mol. The first-order valence-electron chi connectivity index (χ1n) is 10.3. The molecule has 4 nitrogen and oxygen atoms in total.